The smallest absolute Gasteiger partial charge is 0.219 e. The first-order valence-electron chi connectivity index (χ1n) is 6.52. The van der Waals surface area contributed by atoms with E-state index in [0.717, 1.165) is 12.1 Å². The van der Waals surface area contributed by atoms with Gasteiger partial charge in [-0.3, -0.25) is 0 Å². The molecular weight excluding hydrogens is 323 g/mol. The van der Waals surface area contributed by atoms with Crippen LogP contribution in [0.5, 0.6) is 11.6 Å². The lowest BCUT2D eigenvalue weighted by molar-refractivity contribution is 0.457. The zero-order valence-electron chi connectivity index (χ0n) is 10.8. The maximum atomic E-state index is 13.0. The summed E-state index contributed by atoms with van der Waals surface area (Å²) in [4.78, 5) is 4.18. The lowest BCUT2D eigenvalue weighted by Gasteiger charge is -2.08. The van der Waals surface area contributed by atoms with E-state index in [0.29, 0.717) is 22.1 Å². The van der Waals surface area contributed by atoms with Crippen LogP contribution in [-0.2, 0) is 6.54 Å². The van der Waals surface area contributed by atoms with E-state index in [1.165, 1.54) is 25.0 Å². The quantitative estimate of drug-likeness (QED) is 0.895. The molecule has 1 aromatic carbocycles. The molecule has 0 atom stereocenters. The standard InChI is InChI=1S/C15H14BrFN2O/c16-13-8-11(17)1-4-14(13)20-15-7-10(5-6-18-15)9-19-12-2-3-12/h1,4-8,12,19H,2-3,9H2. The highest BCUT2D eigenvalue weighted by Gasteiger charge is 2.20. The third-order valence-electron chi connectivity index (χ3n) is 3.08. The average molecular weight is 337 g/mol. The van der Waals surface area contributed by atoms with Crippen molar-refractivity contribution in [1.82, 2.24) is 10.3 Å². The molecule has 0 radical (unpaired) electrons. The van der Waals surface area contributed by atoms with Crippen LogP contribution < -0.4 is 10.1 Å². The summed E-state index contributed by atoms with van der Waals surface area (Å²) in [5.74, 6) is 0.748. The number of rotatable bonds is 5. The number of hydrogen-bond donors (Lipinski definition) is 1. The molecule has 1 saturated carbocycles. The van der Waals surface area contributed by atoms with Crippen LogP contribution in [0.4, 0.5) is 4.39 Å². The van der Waals surface area contributed by atoms with E-state index < -0.39 is 0 Å². The Labute approximate surface area is 125 Å². The second-order valence-electron chi connectivity index (χ2n) is 4.83. The number of halogens is 2. The molecule has 1 heterocycles. The number of pyridine rings is 1. The van der Waals surface area contributed by atoms with Crippen molar-refractivity contribution < 1.29 is 9.13 Å². The van der Waals surface area contributed by atoms with Gasteiger partial charge in [0.05, 0.1) is 4.47 Å². The second-order valence-corrected chi connectivity index (χ2v) is 5.69. The highest BCUT2D eigenvalue weighted by molar-refractivity contribution is 9.10. The van der Waals surface area contributed by atoms with E-state index in [4.69, 9.17) is 4.74 Å². The molecule has 3 rings (SSSR count). The van der Waals surface area contributed by atoms with Gasteiger partial charge in [-0.1, -0.05) is 0 Å². The molecule has 0 saturated heterocycles. The van der Waals surface area contributed by atoms with Crippen molar-refractivity contribution in [3.8, 4) is 11.6 Å². The molecule has 0 spiro atoms. The molecule has 20 heavy (non-hydrogen) atoms. The molecule has 1 aromatic heterocycles. The predicted molar refractivity (Wildman–Crippen MR) is 78.3 cm³/mol. The van der Waals surface area contributed by atoms with E-state index >= 15 is 0 Å². The first kappa shape index (κ1) is 13.5. The maximum absolute atomic E-state index is 13.0. The zero-order valence-corrected chi connectivity index (χ0v) is 12.4. The third kappa shape index (κ3) is 3.55. The molecule has 2 aromatic rings. The topological polar surface area (TPSA) is 34.1 Å². The summed E-state index contributed by atoms with van der Waals surface area (Å²) >= 11 is 3.28. The molecule has 1 aliphatic carbocycles. The van der Waals surface area contributed by atoms with Gasteiger partial charge in [0, 0.05) is 24.8 Å². The van der Waals surface area contributed by atoms with Crippen LogP contribution in [0.15, 0.2) is 41.0 Å². The van der Waals surface area contributed by atoms with E-state index in [1.807, 2.05) is 12.1 Å². The normalized spacial score (nSPS) is 14.3. The number of nitrogens with zero attached hydrogens (tertiary/aromatic N) is 1. The molecule has 104 valence electrons. The number of benzene rings is 1. The molecule has 0 amide bonds. The van der Waals surface area contributed by atoms with Gasteiger partial charge >= 0.3 is 0 Å². The van der Waals surface area contributed by atoms with Gasteiger partial charge in [-0.15, -0.1) is 0 Å². The minimum atomic E-state index is -0.306. The molecule has 1 N–H and O–H groups in total. The molecule has 1 fully saturated rings. The first-order valence-corrected chi connectivity index (χ1v) is 7.31. The van der Waals surface area contributed by atoms with Gasteiger partial charge in [-0.2, -0.15) is 0 Å². The number of hydrogen-bond acceptors (Lipinski definition) is 3. The maximum Gasteiger partial charge on any atom is 0.219 e. The third-order valence-corrected chi connectivity index (χ3v) is 3.70. The van der Waals surface area contributed by atoms with E-state index in [1.54, 1.807) is 12.3 Å². The fraction of sp³-hybridized carbons (Fsp3) is 0.267. The van der Waals surface area contributed by atoms with E-state index in [-0.39, 0.29) is 5.82 Å². The molecule has 0 bridgehead atoms. The number of nitrogens with one attached hydrogen (secondary N) is 1. The molecule has 5 heteroatoms. The summed E-state index contributed by atoms with van der Waals surface area (Å²) in [6.45, 7) is 0.814. The predicted octanol–water partition coefficient (Wildman–Crippen LogP) is 4.03. The summed E-state index contributed by atoms with van der Waals surface area (Å²) in [6.07, 6.45) is 4.24. The van der Waals surface area contributed by atoms with Crippen molar-refractivity contribution in [2.24, 2.45) is 0 Å². The summed E-state index contributed by atoms with van der Waals surface area (Å²) in [7, 11) is 0. The van der Waals surface area contributed by atoms with Crippen molar-refractivity contribution in [3.05, 3.63) is 52.4 Å². The SMILES string of the molecule is Fc1ccc(Oc2cc(CNC3CC3)ccn2)c(Br)c1. The van der Waals surface area contributed by atoms with Gasteiger partial charge < -0.3 is 10.1 Å². The fourth-order valence-electron chi connectivity index (χ4n) is 1.84. The number of aromatic nitrogens is 1. The van der Waals surface area contributed by atoms with Crippen LogP contribution in [0.25, 0.3) is 0 Å². The Hall–Kier alpha value is -1.46. The van der Waals surface area contributed by atoms with E-state index in [9.17, 15) is 4.39 Å². The van der Waals surface area contributed by atoms with Gasteiger partial charge in [0.25, 0.3) is 0 Å². The molecule has 0 aliphatic heterocycles. The first-order chi connectivity index (χ1) is 9.70. The minimum Gasteiger partial charge on any atom is -0.438 e. The Morgan fingerprint density at radius 2 is 2.15 bits per heavy atom. The van der Waals surface area contributed by atoms with Gasteiger partial charge in [0.1, 0.15) is 11.6 Å². The zero-order chi connectivity index (χ0) is 13.9. The summed E-state index contributed by atoms with van der Waals surface area (Å²) in [5.41, 5.74) is 1.13. The monoisotopic (exact) mass is 336 g/mol. The molecular formula is C15H14BrFN2O. The van der Waals surface area contributed by atoms with Gasteiger partial charge in [0.2, 0.25) is 5.88 Å². The minimum absolute atomic E-state index is 0.306. The van der Waals surface area contributed by atoms with Crippen molar-refractivity contribution in [2.75, 3.05) is 0 Å². The molecule has 0 unspecified atom stereocenters. The summed E-state index contributed by atoms with van der Waals surface area (Å²) < 4.78 is 19.3. The largest absolute Gasteiger partial charge is 0.438 e. The van der Waals surface area contributed by atoms with Crippen LogP contribution in [0.3, 0.4) is 0 Å². The summed E-state index contributed by atoms with van der Waals surface area (Å²) in [5, 5.41) is 3.44. The second kappa shape index (κ2) is 5.89. The Morgan fingerprint density at radius 1 is 1.30 bits per heavy atom. The van der Waals surface area contributed by atoms with Crippen LogP contribution in [0.2, 0.25) is 0 Å². The van der Waals surface area contributed by atoms with Crippen LogP contribution in [0, 0.1) is 5.82 Å². The Bertz CT molecular complexity index is 617. The van der Waals surface area contributed by atoms with Crippen LogP contribution in [-0.4, -0.2) is 11.0 Å². The Kier molecular flexibility index (Phi) is 3.98. The fourth-order valence-corrected chi connectivity index (χ4v) is 2.27. The summed E-state index contributed by atoms with van der Waals surface area (Å²) in [6, 6.07) is 8.83. The molecule has 3 nitrogen and oxygen atoms in total. The van der Waals surface area contributed by atoms with Crippen LogP contribution in [0.1, 0.15) is 18.4 Å². The van der Waals surface area contributed by atoms with E-state index in [2.05, 4.69) is 26.2 Å². The van der Waals surface area contributed by atoms with Gasteiger partial charge in [0.15, 0.2) is 0 Å². The average Bonchev–Trinajstić information content (AvgIpc) is 3.24. The highest BCUT2D eigenvalue weighted by atomic mass is 79.9. The van der Waals surface area contributed by atoms with Crippen molar-refractivity contribution in [2.45, 2.75) is 25.4 Å². The van der Waals surface area contributed by atoms with Crippen molar-refractivity contribution in [1.29, 1.82) is 0 Å². The Morgan fingerprint density at radius 3 is 2.90 bits per heavy atom. The lowest BCUT2D eigenvalue weighted by atomic mass is 10.2. The van der Waals surface area contributed by atoms with Gasteiger partial charge in [-0.25, -0.2) is 9.37 Å². The van der Waals surface area contributed by atoms with Gasteiger partial charge in [-0.05, 0) is 58.6 Å². The Balaban J connectivity index is 1.70. The molecule has 1 aliphatic rings. The van der Waals surface area contributed by atoms with Crippen molar-refractivity contribution in [3.63, 3.8) is 0 Å². The highest BCUT2D eigenvalue weighted by Crippen LogP contribution is 2.29. The van der Waals surface area contributed by atoms with Crippen LogP contribution >= 0.6 is 15.9 Å². The lowest BCUT2D eigenvalue weighted by Crippen LogP contribution is -2.15. The van der Waals surface area contributed by atoms with Crippen molar-refractivity contribution >= 4 is 15.9 Å². The number of ether oxygens (including phenoxy) is 1.